The van der Waals surface area contributed by atoms with Gasteiger partial charge in [0.1, 0.15) is 5.71 Å². The first-order chi connectivity index (χ1) is 12.7. The van der Waals surface area contributed by atoms with Crippen LogP contribution in [0.3, 0.4) is 0 Å². The van der Waals surface area contributed by atoms with E-state index in [1.165, 1.54) is 64.2 Å². The quantitative estimate of drug-likeness (QED) is 0.470. The molecule has 26 heavy (non-hydrogen) atoms. The van der Waals surface area contributed by atoms with Crippen molar-refractivity contribution in [2.45, 2.75) is 90.5 Å². The number of carbonyl (C=O) groups excluding carboxylic acids is 2. The van der Waals surface area contributed by atoms with Crippen molar-refractivity contribution in [1.29, 1.82) is 0 Å². The Hall–Kier alpha value is -1.39. The molecule has 0 aromatic heterocycles. The highest BCUT2D eigenvalue weighted by Crippen LogP contribution is 2.37. The Morgan fingerprint density at radius 2 is 1.35 bits per heavy atom. The van der Waals surface area contributed by atoms with E-state index in [-0.39, 0.29) is 24.8 Å². The van der Waals surface area contributed by atoms with Gasteiger partial charge in [0.2, 0.25) is 0 Å². The first-order valence-corrected chi connectivity index (χ1v) is 10.5. The molecule has 2 aliphatic carbocycles. The Labute approximate surface area is 157 Å². The lowest BCUT2D eigenvalue weighted by Gasteiger charge is -2.35. The number of hydrogen-bond donors (Lipinski definition) is 0. The molecular weight excluding hydrogens is 330 g/mol. The summed E-state index contributed by atoms with van der Waals surface area (Å²) in [5, 5.41) is 0. The Bertz CT molecular complexity index is 458. The lowest BCUT2D eigenvalue weighted by atomic mass is 9.74. The number of nitrogens with zero attached hydrogens (tertiary/aromatic N) is 1. The molecule has 2 fully saturated rings. The zero-order chi connectivity index (χ0) is 18.8. The third-order valence-electron chi connectivity index (χ3n) is 5.70. The van der Waals surface area contributed by atoms with E-state index in [9.17, 15) is 9.59 Å². The molecule has 0 aromatic rings. The number of aliphatic imine (C=N–C) groups is 1. The van der Waals surface area contributed by atoms with Crippen LogP contribution < -0.4 is 0 Å². The van der Waals surface area contributed by atoms with Crippen LogP contribution in [0.1, 0.15) is 84.5 Å². The zero-order valence-corrected chi connectivity index (χ0v) is 16.5. The van der Waals surface area contributed by atoms with Gasteiger partial charge in [0.05, 0.1) is 25.7 Å². The third-order valence-corrected chi connectivity index (χ3v) is 5.70. The first-order valence-electron chi connectivity index (χ1n) is 10.5. The summed E-state index contributed by atoms with van der Waals surface area (Å²) in [4.78, 5) is 29.3. The SMILES string of the molecule is CCOC(=O)CC(=NC(C1CCCCC1)C1CCCCC1)C(=O)OCC. The highest BCUT2D eigenvalue weighted by atomic mass is 16.5. The molecule has 0 amide bonds. The van der Waals surface area contributed by atoms with Gasteiger partial charge in [-0.1, -0.05) is 38.5 Å². The summed E-state index contributed by atoms with van der Waals surface area (Å²) in [6, 6.07) is 0.143. The Morgan fingerprint density at radius 1 is 0.846 bits per heavy atom. The molecule has 0 N–H and O–H groups in total. The summed E-state index contributed by atoms with van der Waals surface area (Å²) in [6.07, 6.45) is 12.2. The van der Waals surface area contributed by atoms with Crippen LogP contribution in [0.4, 0.5) is 0 Å². The minimum absolute atomic E-state index is 0.0807. The molecule has 0 saturated heterocycles. The number of ether oxygens (including phenoxy) is 2. The van der Waals surface area contributed by atoms with Crippen molar-refractivity contribution in [3.63, 3.8) is 0 Å². The van der Waals surface area contributed by atoms with E-state index in [2.05, 4.69) is 0 Å². The van der Waals surface area contributed by atoms with Gasteiger partial charge in [-0.15, -0.1) is 0 Å². The molecule has 148 valence electrons. The van der Waals surface area contributed by atoms with Gasteiger partial charge in [-0.3, -0.25) is 9.79 Å². The van der Waals surface area contributed by atoms with Crippen molar-refractivity contribution in [2.75, 3.05) is 13.2 Å². The van der Waals surface area contributed by atoms with E-state index >= 15 is 0 Å². The van der Waals surface area contributed by atoms with E-state index in [0.717, 1.165) is 0 Å². The Kier molecular flexibility index (Phi) is 9.13. The molecule has 0 spiro atoms. The number of carbonyl (C=O) groups is 2. The first kappa shape index (κ1) is 20.9. The Balaban J connectivity index is 2.23. The second-order valence-electron chi connectivity index (χ2n) is 7.56. The van der Waals surface area contributed by atoms with E-state index in [1.807, 2.05) is 0 Å². The second kappa shape index (κ2) is 11.3. The van der Waals surface area contributed by atoms with Crippen LogP contribution in [0.5, 0.6) is 0 Å². The molecule has 0 aromatic carbocycles. The van der Waals surface area contributed by atoms with Crippen molar-refractivity contribution in [1.82, 2.24) is 0 Å². The summed E-state index contributed by atoms with van der Waals surface area (Å²) < 4.78 is 10.2. The monoisotopic (exact) mass is 365 g/mol. The lowest BCUT2D eigenvalue weighted by Crippen LogP contribution is -2.34. The summed E-state index contributed by atoms with van der Waals surface area (Å²) in [7, 11) is 0. The fourth-order valence-corrected chi connectivity index (χ4v) is 4.46. The van der Waals surface area contributed by atoms with Crippen molar-refractivity contribution >= 4 is 17.7 Å². The normalized spacial score (nSPS) is 20.2. The van der Waals surface area contributed by atoms with Gasteiger partial charge in [0.25, 0.3) is 0 Å². The van der Waals surface area contributed by atoms with Crippen LogP contribution in [-0.4, -0.2) is 36.9 Å². The number of hydrogen-bond acceptors (Lipinski definition) is 5. The van der Waals surface area contributed by atoms with Crippen LogP contribution in [0.15, 0.2) is 4.99 Å². The van der Waals surface area contributed by atoms with Crippen molar-refractivity contribution in [2.24, 2.45) is 16.8 Å². The standard InChI is InChI=1S/C21H35NO4/c1-3-25-19(23)15-18(21(24)26-4-2)22-20(16-11-7-5-8-12-16)17-13-9-6-10-14-17/h16-17,20H,3-15H2,1-2H3. The minimum atomic E-state index is -0.461. The third kappa shape index (κ3) is 6.40. The highest BCUT2D eigenvalue weighted by molar-refractivity contribution is 6.39. The maximum absolute atomic E-state index is 12.4. The fraction of sp³-hybridized carbons (Fsp3) is 0.857. The fourth-order valence-electron chi connectivity index (χ4n) is 4.46. The molecular formula is C21H35NO4. The van der Waals surface area contributed by atoms with E-state index in [4.69, 9.17) is 14.5 Å². The number of rotatable bonds is 8. The van der Waals surface area contributed by atoms with Gasteiger partial charge in [0.15, 0.2) is 0 Å². The predicted molar refractivity (Wildman–Crippen MR) is 102 cm³/mol. The van der Waals surface area contributed by atoms with Crippen molar-refractivity contribution < 1.29 is 19.1 Å². The average molecular weight is 366 g/mol. The van der Waals surface area contributed by atoms with Gasteiger partial charge in [-0.2, -0.15) is 0 Å². The molecule has 2 aliphatic rings. The number of esters is 2. The van der Waals surface area contributed by atoms with E-state index in [1.54, 1.807) is 13.8 Å². The molecule has 0 unspecified atom stereocenters. The lowest BCUT2D eigenvalue weighted by molar-refractivity contribution is -0.143. The zero-order valence-electron chi connectivity index (χ0n) is 16.5. The molecule has 2 saturated carbocycles. The molecule has 0 heterocycles. The molecule has 0 atom stereocenters. The Morgan fingerprint density at radius 3 is 1.81 bits per heavy atom. The van der Waals surface area contributed by atoms with Gasteiger partial charge in [0, 0.05) is 0 Å². The second-order valence-corrected chi connectivity index (χ2v) is 7.56. The van der Waals surface area contributed by atoms with Gasteiger partial charge < -0.3 is 9.47 Å². The van der Waals surface area contributed by atoms with Crippen LogP contribution in [-0.2, 0) is 19.1 Å². The molecule has 5 nitrogen and oxygen atoms in total. The molecule has 5 heteroatoms. The van der Waals surface area contributed by atoms with Gasteiger partial charge in [-0.05, 0) is 51.4 Å². The predicted octanol–water partition coefficient (Wildman–Crippen LogP) is 4.47. The topological polar surface area (TPSA) is 65.0 Å². The van der Waals surface area contributed by atoms with E-state index in [0.29, 0.717) is 18.4 Å². The summed E-state index contributed by atoms with van der Waals surface area (Å²) in [5.41, 5.74) is 0.256. The largest absolute Gasteiger partial charge is 0.466 e. The van der Waals surface area contributed by atoms with Gasteiger partial charge >= 0.3 is 11.9 Å². The van der Waals surface area contributed by atoms with Crippen LogP contribution >= 0.6 is 0 Å². The maximum atomic E-state index is 12.4. The minimum Gasteiger partial charge on any atom is -0.466 e. The van der Waals surface area contributed by atoms with E-state index < -0.39 is 11.9 Å². The van der Waals surface area contributed by atoms with Gasteiger partial charge in [-0.25, -0.2) is 4.79 Å². The molecule has 0 bridgehead atoms. The highest BCUT2D eigenvalue weighted by Gasteiger charge is 2.33. The van der Waals surface area contributed by atoms with Crippen LogP contribution in [0.2, 0.25) is 0 Å². The van der Waals surface area contributed by atoms with Crippen LogP contribution in [0.25, 0.3) is 0 Å². The molecule has 0 radical (unpaired) electrons. The van der Waals surface area contributed by atoms with Crippen LogP contribution in [0, 0.1) is 11.8 Å². The summed E-state index contributed by atoms with van der Waals surface area (Å²) in [6.45, 7) is 4.15. The smallest absolute Gasteiger partial charge is 0.352 e. The van der Waals surface area contributed by atoms with Crippen molar-refractivity contribution in [3.05, 3.63) is 0 Å². The molecule has 2 rings (SSSR count). The summed E-state index contributed by atoms with van der Waals surface area (Å²) >= 11 is 0. The summed E-state index contributed by atoms with van der Waals surface area (Å²) in [5.74, 6) is 0.194. The average Bonchev–Trinajstić information content (AvgIpc) is 2.67. The van der Waals surface area contributed by atoms with Crippen molar-refractivity contribution in [3.8, 4) is 0 Å². The maximum Gasteiger partial charge on any atom is 0.352 e. The molecule has 0 aliphatic heterocycles.